The van der Waals surface area contributed by atoms with E-state index < -0.39 is 5.41 Å². The Balaban J connectivity index is 3.04. The summed E-state index contributed by atoms with van der Waals surface area (Å²) in [6.45, 7) is 11.6. The molecule has 0 aliphatic heterocycles. The van der Waals surface area contributed by atoms with E-state index in [2.05, 4.69) is 19.6 Å². The second kappa shape index (κ2) is 8.61. The van der Waals surface area contributed by atoms with Crippen molar-refractivity contribution < 1.29 is 4.79 Å². The number of ketones is 1. The third-order valence-electron chi connectivity index (χ3n) is 3.86. The number of unbranched alkanes of at least 4 members (excludes halogenated alkanes) is 2. The molecule has 0 aliphatic rings. The topological polar surface area (TPSA) is 40.9 Å². The van der Waals surface area contributed by atoms with Crippen LogP contribution >= 0.6 is 0 Å². The van der Waals surface area contributed by atoms with Crippen LogP contribution in [0.4, 0.5) is 0 Å². The van der Waals surface area contributed by atoms with Crippen LogP contribution in [0.25, 0.3) is 11.6 Å². The molecule has 2 heteroatoms. The van der Waals surface area contributed by atoms with Crippen LogP contribution < -0.4 is 0 Å². The standard InChI is InChI=1S/C21H29NO/c1-6-8-9-10-18(17-13-11-16(7-2)12-14-17)19(22)15-20(23)21(3,4)5/h7,10-14,22H,2,6,8-9,15H2,1,3-5H3. The Bertz CT molecular complexity index is 585. The van der Waals surface area contributed by atoms with Crippen LogP contribution in [0.15, 0.2) is 36.9 Å². The van der Waals surface area contributed by atoms with Crippen molar-refractivity contribution in [1.82, 2.24) is 0 Å². The predicted octanol–water partition coefficient (Wildman–Crippen LogP) is 5.93. The summed E-state index contributed by atoms with van der Waals surface area (Å²) in [4.78, 5) is 12.3. The monoisotopic (exact) mass is 311 g/mol. The minimum absolute atomic E-state index is 0.103. The van der Waals surface area contributed by atoms with E-state index in [0.717, 1.165) is 36.0 Å². The number of hydrogen-bond donors (Lipinski definition) is 1. The van der Waals surface area contributed by atoms with Gasteiger partial charge in [-0.05, 0) is 23.1 Å². The number of rotatable bonds is 8. The highest BCUT2D eigenvalue weighted by molar-refractivity contribution is 6.27. The van der Waals surface area contributed by atoms with Gasteiger partial charge in [-0.3, -0.25) is 4.79 Å². The highest BCUT2D eigenvalue weighted by Crippen LogP contribution is 2.24. The second-order valence-corrected chi connectivity index (χ2v) is 6.91. The molecule has 0 atom stereocenters. The van der Waals surface area contributed by atoms with Crippen molar-refractivity contribution in [1.29, 1.82) is 5.41 Å². The van der Waals surface area contributed by atoms with Crippen LogP contribution in [0.1, 0.15) is 64.5 Å². The van der Waals surface area contributed by atoms with Crippen LogP contribution in [-0.4, -0.2) is 11.5 Å². The average Bonchev–Trinajstić information content (AvgIpc) is 2.50. The fourth-order valence-corrected chi connectivity index (χ4v) is 2.19. The molecule has 124 valence electrons. The van der Waals surface area contributed by atoms with Crippen molar-refractivity contribution in [2.75, 3.05) is 0 Å². The molecule has 0 aliphatic carbocycles. The van der Waals surface area contributed by atoms with Crippen molar-refractivity contribution in [3.8, 4) is 0 Å². The van der Waals surface area contributed by atoms with Crippen molar-refractivity contribution >= 4 is 23.1 Å². The van der Waals surface area contributed by atoms with Crippen LogP contribution in [0.3, 0.4) is 0 Å². The van der Waals surface area contributed by atoms with Gasteiger partial charge in [0.05, 0.1) is 0 Å². The van der Waals surface area contributed by atoms with Gasteiger partial charge in [-0.25, -0.2) is 0 Å². The van der Waals surface area contributed by atoms with Gasteiger partial charge < -0.3 is 5.41 Å². The third kappa shape index (κ3) is 5.97. The molecule has 2 nitrogen and oxygen atoms in total. The molecule has 23 heavy (non-hydrogen) atoms. The van der Waals surface area contributed by atoms with Gasteiger partial charge in [0, 0.05) is 17.5 Å². The van der Waals surface area contributed by atoms with Gasteiger partial charge in [0.15, 0.2) is 0 Å². The second-order valence-electron chi connectivity index (χ2n) is 6.91. The molecule has 0 amide bonds. The van der Waals surface area contributed by atoms with Crippen molar-refractivity contribution in [2.24, 2.45) is 5.41 Å². The molecule has 0 spiro atoms. The maximum atomic E-state index is 12.3. The number of nitrogens with one attached hydrogen (secondary N) is 1. The summed E-state index contributed by atoms with van der Waals surface area (Å²) in [5.74, 6) is 0.103. The first-order valence-electron chi connectivity index (χ1n) is 8.33. The molecule has 1 aromatic carbocycles. The maximum Gasteiger partial charge on any atom is 0.144 e. The molecule has 0 heterocycles. The zero-order valence-electron chi connectivity index (χ0n) is 14.9. The summed E-state index contributed by atoms with van der Waals surface area (Å²) in [7, 11) is 0. The summed E-state index contributed by atoms with van der Waals surface area (Å²) in [6.07, 6.45) is 7.23. The third-order valence-corrected chi connectivity index (χ3v) is 3.86. The molecule has 1 rings (SSSR count). The summed E-state index contributed by atoms with van der Waals surface area (Å²) >= 11 is 0. The molecule has 1 aromatic rings. The summed E-state index contributed by atoms with van der Waals surface area (Å²) < 4.78 is 0. The number of carbonyl (C=O) groups is 1. The molecular weight excluding hydrogens is 282 g/mol. The van der Waals surface area contributed by atoms with Crippen LogP contribution in [0, 0.1) is 10.8 Å². The fraction of sp³-hybridized carbons (Fsp3) is 0.429. The van der Waals surface area contributed by atoms with E-state index in [1.165, 1.54) is 0 Å². The highest BCUT2D eigenvalue weighted by atomic mass is 16.1. The highest BCUT2D eigenvalue weighted by Gasteiger charge is 2.23. The van der Waals surface area contributed by atoms with Gasteiger partial charge in [0.2, 0.25) is 0 Å². The van der Waals surface area contributed by atoms with Gasteiger partial charge in [0.1, 0.15) is 5.78 Å². The summed E-state index contributed by atoms with van der Waals surface area (Å²) in [5.41, 5.74) is 2.93. The lowest BCUT2D eigenvalue weighted by Crippen LogP contribution is -2.23. The number of allylic oxidation sites excluding steroid dienone is 2. The van der Waals surface area contributed by atoms with Gasteiger partial charge in [-0.1, -0.05) is 83.5 Å². The molecular formula is C21H29NO. The van der Waals surface area contributed by atoms with E-state index in [0.29, 0.717) is 5.71 Å². The first-order valence-corrected chi connectivity index (χ1v) is 8.33. The lowest BCUT2D eigenvalue weighted by atomic mass is 9.85. The molecule has 0 unspecified atom stereocenters. The number of benzene rings is 1. The van der Waals surface area contributed by atoms with Crippen LogP contribution in [-0.2, 0) is 4.79 Å². The Morgan fingerprint density at radius 1 is 1.22 bits per heavy atom. The Hall–Kier alpha value is -1.96. The number of hydrogen-bond acceptors (Lipinski definition) is 2. The van der Waals surface area contributed by atoms with Crippen LogP contribution in [0.2, 0.25) is 0 Å². The van der Waals surface area contributed by atoms with Gasteiger partial charge >= 0.3 is 0 Å². The predicted molar refractivity (Wildman–Crippen MR) is 101 cm³/mol. The minimum atomic E-state index is -0.409. The zero-order chi connectivity index (χ0) is 17.5. The normalized spacial score (nSPS) is 12.1. The van der Waals surface area contributed by atoms with E-state index in [1.807, 2.05) is 45.0 Å². The largest absolute Gasteiger partial charge is 0.304 e. The van der Waals surface area contributed by atoms with E-state index in [1.54, 1.807) is 6.08 Å². The quantitative estimate of drug-likeness (QED) is 0.469. The smallest absolute Gasteiger partial charge is 0.144 e. The Kier molecular flexibility index (Phi) is 7.15. The Labute approximate surface area is 140 Å². The van der Waals surface area contributed by atoms with E-state index in [9.17, 15) is 4.79 Å². The van der Waals surface area contributed by atoms with E-state index >= 15 is 0 Å². The average molecular weight is 311 g/mol. The van der Waals surface area contributed by atoms with E-state index in [4.69, 9.17) is 5.41 Å². The summed E-state index contributed by atoms with van der Waals surface area (Å²) in [6, 6.07) is 8.00. The molecule has 0 saturated heterocycles. The fourth-order valence-electron chi connectivity index (χ4n) is 2.19. The lowest BCUT2D eigenvalue weighted by Gasteiger charge is -2.18. The van der Waals surface area contributed by atoms with Crippen molar-refractivity contribution in [3.63, 3.8) is 0 Å². The number of carbonyl (C=O) groups excluding carboxylic acids is 1. The first-order chi connectivity index (χ1) is 10.8. The van der Waals surface area contributed by atoms with Crippen LogP contribution in [0.5, 0.6) is 0 Å². The molecule has 0 bridgehead atoms. The molecule has 0 saturated carbocycles. The van der Waals surface area contributed by atoms with E-state index in [-0.39, 0.29) is 12.2 Å². The molecule has 1 N–H and O–H groups in total. The molecule has 0 radical (unpaired) electrons. The van der Waals surface area contributed by atoms with Gasteiger partial charge in [0.25, 0.3) is 0 Å². The van der Waals surface area contributed by atoms with Gasteiger partial charge in [-0.2, -0.15) is 0 Å². The first kappa shape index (κ1) is 19.1. The zero-order valence-corrected chi connectivity index (χ0v) is 14.9. The number of Topliss-reactive ketones (excluding diaryl/α,β-unsaturated/α-hetero) is 1. The van der Waals surface area contributed by atoms with Gasteiger partial charge in [-0.15, -0.1) is 0 Å². The SMILES string of the molecule is C=Cc1ccc(C(=CCCCC)C(=N)CC(=O)C(C)(C)C)cc1. The summed E-state index contributed by atoms with van der Waals surface area (Å²) in [5, 5.41) is 8.42. The minimum Gasteiger partial charge on any atom is -0.304 e. The maximum absolute atomic E-state index is 12.3. The van der Waals surface area contributed by atoms with Crippen molar-refractivity contribution in [2.45, 2.75) is 53.4 Å². The van der Waals surface area contributed by atoms with Crippen molar-refractivity contribution in [3.05, 3.63) is 48.0 Å². The Morgan fingerprint density at radius 2 is 1.83 bits per heavy atom. The lowest BCUT2D eigenvalue weighted by molar-refractivity contribution is -0.125. The molecule has 0 fully saturated rings. The Morgan fingerprint density at radius 3 is 2.30 bits per heavy atom. The molecule has 0 aromatic heterocycles.